The predicted molar refractivity (Wildman–Crippen MR) is 76.7 cm³/mol. The number of rotatable bonds is 3. The molecule has 0 spiro atoms. The molecule has 0 saturated heterocycles. The normalized spacial score (nSPS) is 23.4. The molecular weight excluding hydrogens is 238 g/mol. The Labute approximate surface area is 114 Å². The van der Waals surface area contributed by atoms with Crippen molar-refractivity contribution in [2.75, 3.05) is 0 Å². The summed E-state index contributed by atoms with van der Waals surface area (Å²) in [6.07, 6.45) is 7.89. The van der Waals surface area contributed by atoms with Gasteiger partial charge >= 0.3 is 0 Å². The van der Waals surface area contributed by atoms with E-state index < -0.39 is 0 Å². The van der Waals surface area contributed by atoms with Gasteiger partial charge in [0.25, 0.3) is 0 Å². The highest BCUT2D eigenvalue weighted by Gasteiger charge is 2.18. The maximum Gasteiger partial charge on any atom is 0.244 e. The molecule has 0 heterocycles. The van der Waals surface area contributed by atoms with Crippen molar-refractivity contribution < 1.29 is 9.90 Å². The van der Waals surface area contributed by atoms with Gasteiger partial charge in [0.05, 0.1) is 0 Å². The van der Waals surface area contributed by atoms with E-state index in [1.165, 1.54) is 12.8 Å². The highest BCUT2D eigenvalue weighted by Crippen LogP contribution is 2.23. The number of hydrogen-bond donors (Lipinski definition) is 2. The maximum atomic E-state index is 11.8. The fourth-order valence-corrected chi connectivity index (χ4v) is 2.41. The standard InChI is InChI=1S/C16H21NO2/c1-12-2-7-14(8-3-12)17-16(19)11-6-13-4-9-15(18)10-5-13/h4-6,9-12,14,18H,2-3,7-8H2,1H3,(H,17,19)/b11-6+. The summed E-state index contributed by atoms with van der Waals surface area (Å²) in [5, 5.41) is 12.2. The molecule has 19 heavy (non-hydrogen) atoms. The van der Waals surface area contributed by atoms with Crippen LogP contribution in [0.2, 0.25) is 0 Å². The van der Waals surface area contributed by atoms with E-state index in [1.54, 1.807) is 36.4 Å². The van der Waals surface area contributed by atoms with Crippen molar-refractivity contribution in [1.29, 1.82) is 0 Å². The van der Waals surface area contributed by atoms with Crippen molar-refractivity contribution >= 4 is 12.0 Å². The van der Waals surface area contributed by atoms with Crippen LogP contribution in [0.25, 0.3) is 6.08 Å². The molecule has 0 radical (unpaired) electrons. The second-order valence-electron chi connectivity index (χ2n) is 5.39. The molecule has 1 aliphatic carbocycles. The zero-order valence-electron chi connectivity index (χ0n) is 11.3. The van der Waals surface area contributed by atoms with Crippen LogP contribution in [0, 0.1) is 5.92 Å². The van der Waals surface area contributed by atoms with Crippen molar-refractivity contribution in [3.63, 3.8) is 0 Å². The lowest BCUT2D eigenvalue weighted by molar-refractivity contribution is -0.117. The average Bonchev–Trinajstić information content (AvgIpc) is 2.41. The lowest BCUT2D eigenvalue weighted by atomic mass is 9.87. The maximum absolute atomic E-state index is 11.8. The van der Waals surface area contributed by atoms with E-state index >= 15 is 0 Å². The van der Waals surface area contributed by atoms with Crippen LogP contribution in [0.15, 0.2) is 30.3 Å². The van der Waals surface area contributed by atoms with Crippen molar-refractivity contribution in [2.45, 2.75) is 38.6 Å². The molecule has 1 aromatic rings. The molecule has 2 rings (SSSR count). The molecule has 3 nitrogen and oxygen atoms in total. The number of aromatic hydroxyl groups is 1. The molecule has 3 heteroatoms. The van der Waals surface area contributed by atoms with Crippen LogP contribution in [-0.2, 0) is 4.79 Å². The second-order valence-corrected chi connectivity index (χ2v) is 5.39. The van der Waals surface area contributed by atoms with Gasteiger partial charge in [-0.3, -0.25) is 4.79 Å². The van der Waals surface area contributed by atoms with Crippen LogP contribution >= 0.6 is 0 Å². The zero-order chi connectivity index (χ0) is 13.7. The minimum atomic E-state index is -0.0346. The molecule has 0 aromatic heterocycles. The minimum absolute atomic E-state index is 0.0346. The SMILES string of the molecule is CC1CCC(NC(=O)/C=C/c2ccc(O)cc2)CC1. The van der Waals surface area contributed by atoms with Crippen LogP contribution in [0.1, 0.15) is 38.2 Å². The van der Waals surface area contributed by atoms with Crippen LogP contribution in [0.3, 0.4) is 0 Å². The number of carbonyl (C=O) groups is 1. The fraction of sp³-hybridized carbons (Fsp3) is 0.438. The van der Waals surface area contributed by atoms with Crippen molar-refractivity contribution in [2.24, 2.45) is 5.92 Å². The van der Waals surface area contributed by atoms with Crippen LogP contribution in [-0.4, -0.2) is 17.1 Å². The van der Waals surface area contributed by atoms with Gasteiger partial charge in [0.2, 0.25) is 5.91 Å². The Morgan fingerprint density at radius 3 is 2.47 bits per heavy atom. The predicted octanol–water partition coefficient (Wildman–Crippen LogP) is 3.10. The highest BCUT2D eigenvalue weighted by molar-refractivity contribution is 5.91. The van der Waals surface area contributed by atoms with E-state index in [9.17, 15) is 4.79 Å². The topological polar surface area (TPSA) is 49.3 Å². The summed E-state index contributed by atoms with van der Waals surface area (Å²) in [5.41, 5.74) is 0.908. The minimum Gasteiger partial charge on any atom is -0.508 e. The molecular formula is C16H21NO2. The van der Waals surface area contributed by atoms with E-state index in [0.717, 1.165) is 24.3 Å². The van der Waals surface area contributed by atoms with Gasteiger partial charge < -0.3 is 10.4 Å². The van der Waals surface area contributed by atoms with Crippen LogP contribution in [0.4, 0.5) is 0 Å². The summed E-state index contributed by atoms with van der Waals surface area (Å²) in [6, 6.07) is 7.11. The van der Waals surface area contributed by atoms with E-state index in [4.69, 9.17) is 5.11 Å². The summed E-state index contributed by atoms with van der Waals surface area (Å²) < 4.78 is 0. The van der Waals surface area contributed by atoms with E-state index in [1.807, 2.05) is 0 Å². The number of benzene rings is 1. The van der Waals surface area contributed by atoms with Gasteiger partial charge in [0.15, 0.2) is 0 Å². The van der Waals surface area contributed by atoms with Gasteiger partial charge in [0, 0.05) is 12.1 Å². The van der Waals surface area contributed by atoms with E-state index in [2.05, 4.69) is 12.2 Å². The molecule has 1 saturated carbocycles. The first kappa shape index (κ1) is 13.7. The third kappa shape index (κ3) is 4.43. The largest absolute Gasteiger partial charge is 0.508 e. The molecule has 1 amide bonds. The Kier molecular flexibility index (Phi) is 4.61. The number of nitrogens with one attached hydrogen (secondary N) is 1. The lowest BCUT2D eigenvalue weighted by Gasteiger charge is -2.26. The molecule has 102 valence electrons. The number of phenolic OH excluding ortho intramolecular Hbond substituents is 1. The monoisotopic (exact) mass is 259 g/mol. The third-order valence-electron chi connectivity index (χ3n) is 3.68. The van der Waals surface area contributed by atoms with Gasteiger partial charge in [-0.25, -0.2) is 0 Å². The molecule has 1 fully saturated rings. The molecule has 0 unspecified atom stereocenters. The Bertz CT molecular complexity index is 442. The molecule has 0 aliphatic heterocycles. The average molecular weight is 259 g/mol. The molecule has 1 aromatic carbocycles. The smallest absolute Gasteiger partial charge is 0.244 e. The van der Waals surface area contributed by atoms with E-state index in [0.29, 0.717) is 6.04 Å². The highest BCUT2D eigenvalue weighted by atomic mass is 16.3. The summed E-state index contributed by atoms with van der Waals surface area (Å²) in [6.45, 7) is 2.27. The molecule has 0 atom stereocenters. The summed E-state index contributed by atoms with van der Waals surface area (Å²) in [5.74, 6) is 0.992. The summed E-state index contributed by atoms with van der Waals surface area (Å²) >= 11 is 0. The van der Waals surface area contributed by atoms with Gasteiger partial charge in [-0.15, -0.1) is 0 Å². The lowest BCUT2D eigenvalue weighted by Crippen LogP contribution is -2.36. The first-order valence-corrected chi connectivity index (χ1v) is 6.91. The third-order valence-corrected chi connectivity index (χ3v) is 3.68. The van der Waals surface area contributed by atoms with Crippen LogP contribution in [0.5, 0.6) is 5.75 Å². The van der Waals surface area contributed by atoms with Gasteiger partial charge in [-0.1, -0.05) is 19.1 Å². The Hall–Kier alpha value is -1.77. The van der Waals surface area contributed by atoms with E-state index in [-0.39, 0.29) is 11.7 Å². The Balaban J connectivity index is 1.82. The summed E-state index contributed by atoms with van der Waals surface area (Å²) in [7, 11) is 0. The first-order chi connectivity index (χ1) is 9.13. The zero-order valence-corrected chi connectivity index (χ0v) is 11.3. The van der Waals surface area contributed by atoms with Crippen molar-refractivity contribution in [1.82, 2.24) is 5.32 Å². The van der Waals surface area contributed by atoms with Gasteiger partial charge in [0.1, 0.15) is 5.75 Å². The number of carbonyl (C=O) groups excluding carboxylic acids is 1. The quantitative estimate of drug-likeness (QED) is 0.819. The molecule has 2 N–H and O–H groups in total. The Morgan fingerprint density at radius 2 is 1.84 bits per heavy atom. The number of amides is 1. The van der Waals surface area contributed by atoms with Gasteiger partial charge in [-0.2, -0.15) is 0 Å². The summed E-state index contributed by atoms with van der Waals surface area (Å²) in [4.78, 5) is 11.8. The van der Waals surface area contributed by atoms with Crippen LogP contribution < -0.4 is 5.32 Å². The fourth-order valence-electron chi connectivity index (χ4n) is 2.41. The van der Waals surface area contributed by atoms with Crippen molar-refractivity contribution in [3.05, 3.63) is 35.9 Å². The van der Waals surface area contributed by atoms with Gasteiger partial charge in [-0.05, 0) is 55.4 Å². The number of hydrogen-bond acceptors (Lipinski definition) is 2. The second kappa shape index (κ2) is 6.41. The Morgan fingerprint density at radius 1 is 1.21 bits per heavy atom. The van der Waals surface area contributed by atoms with Crippen molar-refractivity contribution in [3.8, 4) is 5.75 Å². The molecule has 0 bridgehead atoms. The molecule has 1 aliphatic rings. The first-order valence-electron chi connectivity index (χ1n) is 6.91. The number of phenols is 1.